The van der Waals surface area contributed by atoms with Crippen molar-refractivity contribution in [2.24, 2.45) is 0 Å². The first-order valence-corrected chi connectivity index (χ1v) is 6.66. The Kier molecular flexibility index (Phi) is 4.89. The summed E-state index contributed by atoms with van der Waals surface area (Å²) in [6.07, 6.45) is -4.68. The molecule has 0 radical (unpaired) electrons. The summed E-state index contributed by atoms with van der Waals surface area (Å²) in [6, 6.07) is 2.57. The number of hydrogen-bond donors (Lipinski definition) is 0. The molecule has 0 fully saturated rings. The highest BCUT2D eigenvalue weighted by molar-refractivity contribution is 6.43. The molecule has 0 amide bonds. The van der Waals surface area contributed by atoms with Crippen molar-refractivity contribution in [3.8, 4) is 17.6 Å². The molecule has 1 aromatic heterocycles. The van der Waals surface area contributed by atoms with Gasteiger partial charge in [0.05, 0.1) is 22.2 Å². The molecule has 1 aromatic carbocycles. The van der Waals surface area contributed by atoms with Gasteiger partial charge < -0.3 is 9.47 Å². The van der Waals surface area contributed by atoms with Crippen molar-refractivity contribution >= 4 is 34.8 Å². The van der Waals surface area contributed by atoms with Crippen molar-refractivity contribution in [1.82, 2.24) is 9.97 Å². The van der Waals surface area contributed by atoms with E-state index in [0.29, 0.717) is 6.07 Å². The molecule has 0 unspecified atom stereocenters. The number of halogens is 6. The van der Waals surface area contributed by atoms with E-state index in [1.807, 2.05) is 0 Å². The predicted octanol–water partition coefficient (Wildman–Crippen LogP) is 5.26. The predicted molar refractivity (Wildman–Crippen MR) is 75.1 cm³/mol. The summed E-state index contributed by atoms with van der Waals surface area (Å²) in [5.41, 5.74) is -1.22. The Balaban J connectivity index is 2.43. The lowest BCUT2D eigenvalue weighted by Gasteiger charge is -2.11. The van der Waals surface area contributed by atoms with Gasteiger partial charge in [0, 0.05) is 12.1 Å². The summed E-state index contributed by atoms with van der Waals surface area (Å²) in [5.74, 6) is -0.356. The molecule has 0 N–H and O–H groups in total. The van der Waals surface area contributed by atoms with Gasteiger partial charge >= 0.3 is 12.2 Å². The fraction of sp³-hybridized carbons (Fsp3) is 0.167. The van der Waals surface area contributed by atoms with Gasteiger partial charge in [0.1, 0.15) is 0 Å². The van der Waals surface area contributed by atoms with Gasteiger partial charge in [-0.25, -0.2) is 0 Å². The molecule has 0 aliphatic carbocycles. The summed E-state index contributed by atoms with van der Waals surface area (Å²) in [5, 5.41) is 0.316. The number of aromatic nitrogens is 2. The largest absolute Gasteiger partial charge is 0.481 e. The molecule has 0 saturated heterocycles. The summed E-state index contributed by atoms with van der Waals surface area (Å²) >= 11 is 17.4. The molecule has 0 aliphatic rings. The van der Waals surface area contributed by atoms with Crippen LogP contribution >= 0.6 is 34.8 Å². The molecule has 118 valence electrons. The number of hydrogen-bond acceptors (Lipinski definition) is 4. The molecule has 1 heterocycles. The topological polar surface area (TPSA) is 44.2 Å². The molecule has 2 rings (SSSR count). The summed E-state index contributed by atoms with van der Waals surface area (Å²) < 4.78 is 48.1. The lowest BCUT2D eigenvalue weighted by atomic mass is 10.3. The van der Waals surface area contributed by atoms with Crippen LogP contribution in [0, 0.1) is 0 Å². The number of methoxy groups -OCH3 is 1. The van der Waals surface area contributed by atoms with E-state index in [-0.39, 0.29) is 26.7 Å². The molecule has 22 heavy (non-hydrogen) atoms. The fourth-order valence-corrected chi connectivity index (χ4v) is 1.96. The van der Waals surface area contributed by atoms with Crippen LogP contribution in [0.2, 0.25) is 15.1 Å². The molecule has 10 heteroatoms. The zero-order valence-corrected chi connectivity index (χ0v) is 13.0. The third kappa shape index (κ3) is 3.85. The van der Waals surface area contributed by atoms with Crippen molar-refractivity contribution in [2.75, 3.05) is 7.11 Å². The fourth-order valence-electron chi connectivity index (χ4n) is 1.38. The summed E-state index contributed by atoms with van der Waals surface area (Å²) in [6.45, 7) is 0. The Labute approximate surface area is 137 Å². The highest BCUT2D eigenvalue weighted by atomic mass is 35.5. The maximum atomic E-state index is 12.8. The van der Waals surface area contributed by atoms with Crippen LogP contribution in [0.3, 0.4) is 0 Å². The number of rotatable bonds is 3. The van der Waals surface area contributed by atoms with Gasteiger partial charge in [-0.1, -0.05) is 34.8 Å². The lowest BCUT2D eigenvalue weighted by Crippen LogP contribution is -2.10. The van der Waals surface area contributed by atoms with Crippen LogP contribution in [0.25, 0.3) is 0 Å². The molecule has 2 aromatic rings. The third-order valence-electron chi connectivity index (χ3n) is 2.36. The number of nitrogens with zero attached hydrogens (tertiary/aromatic N) is 2. The molecular weight excluding hydrogens is 367 g/mol. The molecule has 0 aliphatic heterocycles. The minimum Gasteiger partial charge on any atom is -0.481 e. The minimum atomic E-state index is -4.68. The molecule has 4 nitrogen and oxygen atoms in total. The second-order valence-corrected chi connectivity index (χ2v) is 5.10. The Morgan fingerprint density at radius 3 is 2.18 bits per heavy atom. The summed E-state index contributed by atoms with van der Waals surface area (Å²) in [4.78, 5) is 6.93. The van der Waals surface area contributed by atoms with Crippen LogP contribution < -0.4 is 9.47 Å². The van der Waals surface area contributed by atoms with E-state index in [1.54, 1.807) is 0 Å². The SMILES string of the molecule is COc1cc(C(F)(F)F)nc(Oc2cc(Cl)c(Cl)cc2Cl)n1. The van der Waals surface area contributed by atoms with Crippen molar-refractivity contribution < 1.29 is 22.6 Å². The van der Waals surface area contributed by atoms with Crippen LogP contribution in [0.5, 0.6) is 17.6 Å². The average molecular weight is 374 g/mol. The van der Waals surface area contributed by atoms with E-state index in [9.17, 15) is 13.2 Å². The maximum Gasteiger partial charge on any atom is 0.433 e. The van der Waals surface area contributed by atoms with E-state index in [1.165, 1.54) is 19.2 Å². The number of alkyl halides is 3. The van der Waals surface area contributed by atoms with Crippen molar-refractivity contribution in [3.63, 3.8) is 0 Å². The Bertz CT molecular complexity index is 711. The number of benzene rings is 1. The normalized spacial score (nSPS) is 11.4. The maximum absolute atomic E-state index is 12.8. The number of ether oxygens (including phenoxy) is 2. The minimum absolute atomic E-state index is 0.0365. The van der Waals surface area contributed by atoms with Crippen LogP contribution in [0.15, 0.2) is 18.2 Å². The Morgan fingerprint density at radius 2 is 1.59 bits per heavy atom. The van der Waals surface area contributed by atoms with Crippen molar-refractivity contribution in [2.45, 2.75) is 6.18 Å². The standard InChI is InChI=1S/C12H6Cl3F3N2O2/c1-21-10-4-9(12(16,17)18)19-11(20-10)22-8-3-6(14)5(13)2-7(8)15/h2-4H,1H3. The van der Waals surface area contributed by atoms with Crippen LogP contribution in [-0.2, 0) is 6.18 Å². The first kappa shape index (κ1) is 16.9. The van der Waals surface area contributed by atoms with E-state index < -0.39 is 17.9 Å². The van der Waals surface area contributed by atoms with E-state index in [4.69, 9.17) is 44.3 Å². The second kappa shape index (κ2) is 6.36. The monoisotopic (exact) mass is 372 g/mol. The molecule has 0 bridgehead atoms. The van der Waals surface area contributed by atoms with E-state index in [0.717, 1.165) is 0 Å². The van der Waals surface area contributed by atoms with Crippen LogP contribution in [-0.4, -0.2) is 17.1 Å². The van der Waals surface area contributed by atoms with Gasteiger partial charge in [0.25, 0.3) is 0 Å². The Hall–Kier alpha value is -1.44. The highest BCUT2D eigenvalue weighted by Crippen LogP contribution is 2.37. The third-order valence-corrected chi connectivity index (χ3v) is 3.38. The van der Waals surface area contributed by atoms with Crippen LogP contribution in [0.4, 0.5) is 13.2 Å². The smallest absolute Gasteiger partial charge is 0.433 e. The molecule has 0 spiro atoms. The zero-order valence-electron chi connectivity index (χ0n) is 10.7. The first-order valence-electron chi connectivity index (χ1n) is 5.53. The average Bonchev–Trinajstić information content (AvgIpc) is 2.43. The lowest BCUT2D eigenvalue weighted by molar-refractivity contribution is -0.141. The van der Waals surface area contributed by atoms with Gasteiger partial charge in [0.15, 0.2) is 11.4 Å². The van der Waals surface area contributed by atoms with Gasteiger partial charge in [-0.2, -0.15) is 23.1 Å². The molecular formula is C12H6Cl3F3N2O2. The van der Waals surface area contributed by atoms with Gasteiger partial charge in [0.2, 0.25) is 5.88 Å². The van der Waals surface area contributed by atoms with E-state index in [2.05, 4.69) is 9.97 Å². The zero-order chi connectivity index (χ0) is 16.5. The Morgan fingerprint density at radius 1 is 0.955 bits per heavy atom. The van der Waals surface area contributed by atoms with Gasteiger partial charge in [-0.05, 0) is 6.07 Å². The quantitative estimate of drug-likeness (QED) is 0.689. The molecule has 0 saturated carbocycles. The van der Waals surface area contributed by atoms with Crippen molar-refractivity contribution in [1.29, 1.82) is 0 Å². The van der Waals surface area contributed by atoms with E-state index >= 15 is 0 Å². The van der Waals surface area contributed by atoms with Gasteiger partial charge in [-0.15, -0.1) is 0 Å². The van der Waals surface area contributed by atoms with Crippen molar-refractivity contribution in [3.05, 3.63) is 39.0 Å². The second-order valence-electron chi connectivity index (χ2n) is 3.87. The summed E-state index contributed by atoms with van der Waals surface area (Å²) in [7, 11) is 1.17. The molecule has 0 atom stereocenters. The highest BCUT2D eigenvalue weighted by Gasteiger charge is 2.34. The first-order chi connectivity index (χ1) is 10.2. The van der Waals surface area contributed by atoms with Crippen LogP contribution in [0.1, 0.15) is 5.69 Å². The van der Waals surface area contributed by atoms with Gasteiger partial charge in [-0.3, -0.25) is 0 Å².